The summed E-state index contributed by atoms with van der Waals surface area (Å²) < 4.78 is 0. The number of fused-ring (bicyclic) bond motifs is 1. The van der Waals surface area contributed by atoms with Crippen LogP contribution < -0.4 is 0 Å². The fourth-order valence-electron chi connectivity index (χ4n) is 6.75. The molecule has 0 amide bonds. The number of rotatable bonds is 9. The van der Waals surface area contributed by atoms with E-state index in [0.717, 1.165) is 12.8 Å². The van der Waals surface area contributed by atoms with E-state index >= 15 is 0 Å². The molecule has 0 saturated heterocycles. The normalized spacial score (nSPS) is 17.7. The third kappa shape index (κ3) is 5.75. The van der Waals surface area contributed by atoms with Crippen molar-refractivity contribution in [3.05, 3.63) is 107 Å². The Morgan fingerprint density at radius 3 is 2.13 bits per heavy atom. The SMILES string of the molecule is C=CC(=C)C1CCC(c2cc(CCCC(=C)C(C)C)cc3c(C)c(-c4c(C)cccc4C)c(C)cc23)CC1. The van der Waals surface area contributed by atoms with E-state index in [2.05, 4.69) is 97.7 Å². The van der Waals surface area contributed by atoms with Crippen LogP contribution >= 0.6 is 0 Å². The summed E-state index contributed by atoms with van der Waals surface area (Å²) in [5.74, 6) is 1.77. The first-order valence-electron chi connectivity index (χ1n) is 14.7. The van der Waals surface area contributed by atoms with Gasteiger partial charge < -0.3 is 0 Å². The van der Waals surface area contributed by atoms with Gasteiger partial charge in [0.25, 0.3) is 0 Å². The van der Waals surface area contributed by atoms with Crippen molar-refractivity contribution in [3.8, 4) is 11.1 Å². The van der Waals surface area contributed by atoms with Crippen molar-refractivity contribution in [2.24, 2.45) is 11.8 Å². The zero-order valence-electron chi connectivity index (χ0n) is 24.8. The Bertz CT molecular complexity index is 1330. The minimum Gasteiger partial charge on any atom is -0.0996 e. The maximum Gasteiger partial charge on any atom is -0.0114 e. The first kappa shape index (κ1) is 28.2. The largest absolute Gasteiger partial charge is 0.0996 e. The first-order valence-corrected chi connectivity index (χ1v) is 14.7. The molecule has 0 nitrogen and oxygen atoms in total. The summed E-state index contributed by atoms with van der Waals surface area (Å²) >= 11 is 0. The molecule has 1 saturated carbocycles. The lowest BCUT2D eigenvalue weighted by Gasteiger charge is -2.31. The van der Waals surface area contributed by atoms with Gasteiger partial charge in [0.05, 0.1) is 0 Å². The molecular weight excluding hydrogens is 456 g/mol. The molecule has 200 valence electrons. The quantitative estimate of drug-likeness (QED) is 0.201. The van der Waals surface area contributed by atoms with Crippen LogP contribution in [-0.4, -0.2) is 0 Å². The Morgan fingerprint density at radius 1 is 0.868 bits per heavy atom. The van der Waals surface area contributed by atoms with Crippen molar-refractivity contribution < 1.29 is 0 Å². The number of hydrogen-bond acceptors (Lipinski definition) is 0. The van der Waals surface area contributed by atoms with Crippen molar-refractivity contribution >= 4 is 10.8 Å². The zero-order valence-corrected chi connectivity index (χ0v) is 24.8. The van der Waals surface area contributed by atoms with E-state index in [1.165, 1.54) is 93.0 Å². The highest BCUT2D eigenvalue weighted by Crippen LogP contribution is 2.44. The average molecular weight is 505 g/mol. The molecule has 0 N–H and O–H groups in total. The molecule has 0 heteroatoms. The van der Waals surface area contributed by atoms with Crippen molar-refractivity contribution in [1.29, 1.82) is 0 Å². The molecule has 0 heterocycles. The lowest BCUT2D eigenvalue weighted by molar-refractivity contribution is 0.369. The van der Waals surface area contributed by atoms with Gasteiger partial charge in [-0.25, -0.2) is 0 Å². The van der Waals surface area contributed by atoms with E-state index in [1.54, 1.807) is 5.56 Å². The third-order valence-electron chi connectivity index (χ3n) is 9.27. The molecule has 1 aliphatic rings. The van der Waals surface area contributed by atoms with Crippen LogP contribution in [0.4, 0.5) is 0 Å². The summed E-state index contributed by atoms with van der Waals surface area (Å²) in [6.45, 7) is 26.3. The highest BCUT2D eigenvalue weighted by molar-refractivity contribution is 5.97. The molecule has 1 fully saturated rings. The smallest absolute Gasteiger partial charge is 0.0114 e. The topological polar surface area (TPSA) is 0 Å². The lowest BCUT2D eigenvalue weighted by atomic mass is 9.74. The predicted octanol–water partition coefficient (Wildman–Crippen LogP) is 11.3. The van der Waals surface area contributed by atoms with E-state index in [4.69, 9.17) is 0 Å². The Morgan fingerprint density at radius 2 is 1.53 bits per heavy atom. The number of benzene rings is 3. The van der Waals surface area contributed by atoms with E-state index in [1.807, 2.05) is 6.08 Å². The van der Waals surface area contributed by atoms with Crippen LogP contribution in [0.25, 0.3) is 21.9 Å². The van der Waals surface area contributed by atoms with Gasteiger partial charge in [0.15, 0.2) is 0 Å². The highest BCUT2D eigenvalue weighted by Gasteiger charge is 2.26. The molecule has 0 spiro atoms. The van der Waals surface area contributed by atoms with Crippen LogP contribution in [0.5, 0.6) is 0 Å². The molecule has 0 unspecified atom stereocenters. The van der Waals surface area contributed by atoms with Gasteiger partial charge in [0, 0.05) is 0 Å². The van der Waals surface area contributed by atoms with E-state index < -0.39 is 0 Å². The Labute approximate surface area is 232 Å². The summed E-state index contributed by atoms with van der Waals surface area (Å²) in [5.41, 5.74) is 14.0. The summed E-state index contributed by atoms with van der Waals surface area (Å²) in [6, 6.07) is 14.3. The van der Waals surface area contributed by atoms with Gasteiger partial charge in [0.1, 0.15) is 0 Å². The Hall–Kier alpha value is -2.86. The van der Waals surface area contributed by atoms with Crippen LogP contribution in [0.15, 0.2) is 73.4 Å². The molecule has 3 aromatic rings. The lowest BCUT2D eigenvalue weighted by Crippen LogP contribution is -2.15. The molecule has 4 rings (SSSR count). The second kappa shape index (κ2) is 11.9. The maximum atomic E-state index is 4.33. The fraction of sp³-hybridized carbons (Fsp3) is 0.421. The summed E-state index contributed by atoms with van der Waals surface area (Å²) in [7, 11) is 0. The zero-order chi connectivity index (χ0) is 27.6. The van der Waals surface area contributed by atoms with Gasteiger partial charge in [-0.1, -0.05) is 87.2 Å². The summed E-state index contributed by atoms with van der Waals surface area (Å²) in [6.07, 6.45) is 10.3. The monoisotopic (exact) mass is 504 g/mol. The average Bonchev–Trinajstić information content (AvgIpc) is 2.89. The molecule has 38 heavy (non-hydrogen) atoms. The van der Waals surface area contributed by atoms with Gasteiger partial charge in [-0.2, -0.15) is 0 Å². The summed E-state index contributed by atoms with van der Waals surface area (Å²) in [4.78, 5) is 0. The Balaban J connectivity index is 1.81. The first-order chi connectivity index (χ1) is 18.1. The third-order valence-corrected chi connectivity index (χ3v) is 9.27. The molecular formula is C38H48. The minimum absolute atomic E-state index is 0.563. The van der Waals surface area contributed by atoms with Crippen molar-refractivity contribution in [1.82, 2.24) is 0 Å². The van der Waals surface area contributed by atoms with Gasteiger partial charge in [0.2, 0.25) is 0 Å². The molecule has 0 aromatic heterocycles. The van der Waals surface area contributed by atoms with E-state index in [-0.39, 0.29) is 0 Å². The number of allylic oxidation sites excluding steroid dienone is 3. The van der Waals surface area contributed by atoms with Gasteiger partial charge in [-0.05, 0) is 146 Å². The fourth-order valence-corrected chi connectivity index (χ4v) is 6.75. The van der Waals surface area contributed by atoms with Gasteiger partial charge in [-0.15, -0.1) is 0 Å². The molecule has 0 radical (unpaired) electrons. The Kier molecular flexibility index (Phi) is 8.81. The second-order valence-electron chi connectivity index (χ2n) is 12.2. The number of hydrogen-bond donors (Lipinski definition) is 0. The molecule has 0 aliphatic heterocycles. The molecule has 1 aliphatic carbocycles. The van der Waals surface area contributed by atoms with Crippen molar-refractivity contribution in [2.45, 2.75) is 92.4 Å². The molecule has 3 aromatic carbocycles. The molecule has 0 bridgehead atoms. The van der Waals surface area contributed by atoms with Gasteiger partial charge in [-0.3, -0.25) is 0 Å². The van der Waals surface area contributed by atoms with Crippen LogP contribution in [0.1, 0.15) is 91.7 Å². The number of aryl methyl sites for hydroxylation is 5. The van der Waals surface area contributed by atoms with Crippen LogP contribution in [0.2, 0.25) is 0 Å². The predicted molar refractivity (Wildman–Crippen MR) is 169 cm³/mol. The van der Waals surface area contributed by atoms with Gasteiger partial charge >= 0.3 is 0 Å². The van der Waals surface area contributed by atoms with E-state index in [0.29, 0.717) is 17.8 Å². The highest BCUT2D eigenvalue weighted by atomic mass is 14.3. The van der Waals surface area contributed by atoms with Crippen molar-refractivity contribution in [2.75, 3.05) is 0 Å². The summed E-state index contributed by atoms with van der Waals surface area (Å²) in [5, 5.41) is 2.91. The van der Waals surface area contributed by atoms with Crippen LogP contribution in [0, 0.1) is 39.5 Å². The second-order valence-corrected chi connectivity index (χ2v) is 12.2. The standard InChI is InChI=1S/C38H48/c1-10-25(4)32-17-19-33(20-18-32)35-23-31(16-12-13-26(5)24(2)3)22-34-30(9)38(29(8)21-36(34)35)37-27(6)14-11-15-28(37)7/h10-11,14-15,21-24,32-33H,1,4-5,12-13,16-20H2,2-3,6-9H3. The minimum atomic E-state index is 0.563. The van der Waals surface area contributed by atoms with Crippen molar-refractivity contribution in [3.63, 3.8) is 0 Å². The van der Waals surface area contributed by atoms with Crippen LogP contribution in [-0.2, 0) is 6.42 Å². The molecule has 0 atom stereocenters. The van der Waals surface area contributed by atoms with E-state index in [9.17, 15) is 0 Å². The maximum absolute atomic E-state index is 4.33. The van der Waals surface area contributed by atoms with Crippen LogP contribution in [0.3, 0.4) is 0 Å².